The molecule has 10 heteroatoms. The third-order valence-corrected chi connectivity index (χ3v) is 11.6. The summed E-state index contributed by atoms with van der Waals surface area (Å²) in [6.07, 6.45) is 2.21. The quantitative estimate of drug-likeness (QED) is 0.306. The molecule has 1 heterocycles. The second-order valence-electron chi connectivity index (χ2n) is 11.3. The molecular weight excluding hydrogens is 571 g/mol. The van der Waals surface area contributed by atoms with E-state index in [2.05, 4.69) is 0 Å². The van der Waals surface area contributed by atoms with Gasteiger partial charge >= 0.3 is 5.97 Å². The average molecular weight is 610 g/mol. The van der Waals surface area contributed by atoms with E-state index in [0.717, 1.165) is 11.1 Å². The van der Waals surface area contributed by atoms with Crippen molar-refractivity contribution in [3.63, 3.8) is 0 Å². The lowest BCUT2D eigenvalue weighted by molar-refractivity contribution is -0.168. The van der Waals surface area contributed by atoms with Gasteiger partial charge in [-0.3, -0.25) is 9.59 Å². The van der Waals surface area contributed by atoms with Crippen molar-refractivity contribution in [2.75, 3.05) is 20.7 Å². The second kappa shape index (κ2) is 12.0. The Balaban J connectivity index is 1.89. The van der Waals surface area contributed by atoms with Crippen LogP contribution < -0.4 is 0 Å². The number of rotatable bonds is 10. The summed E-state index contributed by atoms with van der Waals surface area (Å²) in [6, 6.07) is 14.1. The van der Waals surface area contributed by atoms with E-state index >= 15 is 0 Å². The van der Waals surface area contributed by atoms with Crippen LogP contribution in [0.2, 0.25) is 10.0 Å². The van der Waals surface area contributed by atoms with Gasteiger partial charge in [0.2, 0.25) is 15.9 Å². The van der Waals surface area contributed by atoms with E-state index in [4.69, 9.17) is 27.9 Å². The van der Waals surface area contributed by atoms with Crippen molar-refractivity contribution >= 4 is 45.1 Å². The zero-order chi connectivity index (χ0) is 29.4. The molecule has 2 fully saturated rings. The molecule has 2 aromatic carbocycles. The van der Waals surface area contributed by atoms with Crippen LogP contribution in [0, 0.1) is 11.3 Å². The Morgan fingerprint density at radius 3 is 2.33 bits per heavy atom. The fourth-order valence-electron chi connectivity index (χ4n) is 5.99. The monoisotopic (exact) mass is 608 g/mol. The summed E-state index contributed by atoms with van der Waals surface area (Å²) in [5.74, 6) is -1.64. The van der Waals surface area contributed by atoms with E-state index in [1.165, 1.54) is 11.4 Å². The maximum atomic E-state index is 14.7. The van der Waals surface area contributed by atoms with Gasteiger partial charge in [-0.1, -0.05) is 61.3 Å². The molecule has 0 aromatic heterocycles. The molecule has 0 spiro atoms. The average Bonchev–Trinajstić information content (AvgIpc) is 3.79. The third kappa shape index (κ3) is 5.91. The Bertz CT molecular complexity index is 1350. The number of amides is 1. The summed E-state index contributed by atoms with van der Waals surface area (Å²) < 4.78 is 32.7. The van der Waals surface area contributed by atoms with Crippen LogP contribution in [0.5, 0.6) is 0 Å². The molecular formula is C30H38Cl2N2O5S. The first-order chi connectivity index (χ1) is 18.8. The summed E-state index contributed by atoms with van der Waals surface area (Å²) in [4.78, 5) is 29.4. The summed E-state index contributed by atoms with van der Waals surface area (Å²) in [6.45, 7) is 5.65. The van der Waals surface area contributed by atoms with Crippen LogP contribution >= 0.6 is 23.2 Å². The Labute approximate surface area is 247 Å². The largest absolute Gasteiger partial charge is 0.469 e. The van der Waals surface area contributed by atoms with Gasteiger partial charge in [-0.25, -0.2) is 12.7 Å². The number of carbonyl (C=O) groups excluding carboxylic acids is 2. The predicted molar refractivity (Wildman–Crippen MR) is 158 cm³/mol. The standard InChI is InChI=1S/C30H38Cl2N2O5S/c1-6-24(18-33(4)40(37,38)25-14-15-25)34-27(20-10-12-22(31)13-11-20)26(21-8-7-9-23(32)16-21)17-30(3,29(34)36)19(2)28(35)39-5/h7-13,16,19,24-27H,6,14-15,17-18H2,1-5H3/t19?,24?,26-,27-,30-/m1/s1. The maximum Gasteiger partial charge on any atom is 0.309 e. The smallest absolute Gasteiger partial charge is 0.309 e. The van der Waals surface area contributed by atoms with Crippen LogP contribution in [-0.2, 0) is 24.3 Å². The fraction of sp³-hybridized carbons (Fsp3) is 0.533. The number of sulfonamides is 1. The normalized spacial score (nSPS) is 25.1. The highest BCUT2D eigenvalue weighted by Gasteiger charge is 2.55. The van der Waals surface area contributed by atoms with E-state index in [-0.39, 0.29) is 23.6 Å². The van der Waals surface area contributed by atoms with E-state index in [1.807, 2.05) is 49.1 Å². The molecule has 1 saturated heterocycles. The minimum Gasteiger partial charge on any atom is -0.469 e. The van der Waals surface area contributed by atoms with E-state index in [0.29, 0.717) is 35.7 Å². The number of likely N-dealkylation sites (tertiary alicyclic amines) is 1. The first kappa shape index (κ1) is 30.8. The second-order valence-corrected chi connectivity index (χ2v) is 14.5. The summed E-state index contributed by atoms with van der Waals surface area (Å²) in [5.41, 5.74) is 0.702. The zero-order valence-corrected chi connectivity index (χ0v) is 26.0. The molecule has 2 unspecified atom stereocenters. The number of carbonyl (C=O) groups is 2. The van der Waals surface area contributed by atoms with Crippen molar-refractivity contribution in [2.24, 2.45) is 11.3 Å². The molecule has 7 nitrogen and oxygen atoms in total. The van der Waals surface area contributed by atoms with Gasteiger partial charge in [-0.15, -0.1) is 0 Å². The maximum absolute atomic E-state index is 14.7. The number of halogens is 2. The number of benzene rings is 2. The van der Waals surface area contributed by atoms with E-state index in [9.17, 15) is 18.0 Å². The van der Waals surface area contributed by atoms with Crippen LogP contribution in [-0.4, -0.2) is 61.5 Å². The van der Waals surface area contributed by atoms with Crippen molar-refractivity contribution in [1.29, 1.82) is 0 Å². The van der Waals surface area contributed by atoms with Gasteiger partial charge in [-0.05, 0) is 68.0 Å². The van der Waals surface area contributed by atoms with Crippen molar-refractivity contribution in [2.45, 2.75) is 69.7 Å². The van der Waals surface area contributed by atoms with Crippen LogP contribution in [0.3, 0.4) is 0 Å². The molecule has 1 aliphatic carbocycles. The minimum absolute atomic E-state index is 0.149. The summed E-state index contributed by atoms with van der Waals surface area (Å²) in [7, 11) is -0.548. The van der Waals surface area contributed by atoms with Gasteiger partial charge < -0.3 is 9.64 Å². The van der Waals surface area contributed by atoms with Crippen LogP contribution in [0.1, 0.15) is 69.5 Å². The number of esters is 1. The number of piperidine rings is 1. The highest BCUT2D eigenvalue weighted by atomic mass is 35.5. The molecule has 40 heavy (non-hydrogen) atoms. The van der Waals surface area contributed by atoms with Crippen molar-refractivity contribution in [3.05, 3.63) is 69.7 Å². The minimum atomic E-state index is -3.46. The molecule has 1 saturated carbocycles. The summed E-state index contributed by atoms with van der Waals surface area (Å²) in [5, 5.41) is 0.784. The molecule has 0 N–H and O–H groups in total. The topological polar surface area (TPSA) is 84.0 Å². The molecule has 5 atom stereocenters. The number of likely N-dealkylation sites (N-methyl/N-ethyl adjacent to an activating group) is 1. The number of hydrogen-bond acceptors (Lipinski definition) is 5. The fourth-order valence-corrected chi connectivity index (χ4v) is 7.93. The molecule has 2 aromatic rings. The highest BCUT2D eigenvalue weighted by Crippen LogP contribution is 2.53. The molecule has 218 valence electrons. The Morgan fingerprint density at radius 2 is 1.77 bits per heavy atom. The highest BCUT2D eigenvalue weighted by molar-refractivity contribution is 7.90. The van der Waals surface area contributed by atoms with E-state index < -0.39 is 39.4 Å². The van der Waals surface area contributed by atoms with Crippen molar-refractivity contribution < 1.29 is 22.7 Å². The molecule has 1 amide bonds. The van der Waals surface area contributed by atoms with Gasteiger partial charge in [0, 0.05) is 35.6 Å². The van der Waals surface area contributed by atoms with Gasteiger partial charge in [0.25, 0.3) is 0 Å². The molecule has 2 aliphatic rings. The lowest BCUT2D eigenvalue weighted by Crippen LogP contribution is -2.60. The molecule has 1 aliphatic heterocycles. The van der Waals surface area contributed by atoms with Gasteiger partial charge in [0.15, 0.2) is 0 Å². The van der Waals surface area contributed by atoms with E-state index in [1.54, 1.807) is 32.2 Å². The van der Waals surface area contributed by atoms with Crippen LogP contribution in [0.25, 0.3) is 0 Å². The van der Waals surface area contributed by atoms with Crippen molar-refractivity contribution in [3.8, 4) is 0 Å². The molecule has 4 rings (SSSR count). The SMILES string of the molecule is CCC(CN(C)S(=O)(=O)C1CC1)N1C(=O)[C@@](C)(C(C)C(=O)OC)C[C@H](c2cccc(Cl)c2)[C@H]1c1ccc(Cl)cc1. The Kier molecular flexibility index (Phi) is 9.25. The first-order valence-corrected chi connectivity index (χ1v) is 16.0. The van der Waals surface area contributed by atoms with Crippen molar-refractivity contribution in [1.82, 2.24) is 9.21 Å². The van der Waals surface area contributed by atoms with Gasteiger partial charge in [0.1, 0.15) is 0 Å². The Morgan fingerprint density at radius 1 is 1.12 bits per heavy atom. The number of ether oxygens (including phenoxy) is 1. The number of nitrogens with zero attached hydrogens (tertiary/aromatic N) is 2. The lowest BCUT2D eigenvalue weighted by atomic mass is 9.63. The summed E-state index contributed by atoms with van der Waals surface area (Å²) >= 11 is 12.7. The molecule has 0 bridgehead atoms. The lowest BCUT2D eigenvalue weighted by Gasteiger charge is -2.53. The third-order valence-electron chi connectivity index (χ3n) is 8.76. The Hall–Kier alpha value is -2.13. The first-order valence-electron chi connectivity index (χ1n) is 13.7. The van der Waals surface area contributed by atoms with Crippen LogP contribution in [0.15, 0.2) is 48.5 Å². The zero-order valence-electron chi connectivity index (χ0n) is 23.6. The van der Waals surface area contributed by atoms with Crippen LogP contribution in [0.4, 0.5) is 0 Å². The molecule has 0 radical (unpaired) electrons. The van der Waals surface area contributed by atoms with Gasteiger partial charge in [-0.2, -0.15) is 0 Å². The number of hydrogen-bond donors (Lipinski definition) is 0. The number of methoxy groups -OCH3 is 1. The predicted octanol–water partition coefficient (Wildman–Crippen LogP) is 6.07. The van der Waals surface area contributed by atoms with Gasteiger partial charge in [0.05, 0.1) is 29.7 Å².